The van der Waals surface area contributed by atoms with Crippen molar-refractivity contribution >= 4 is 12.0 Å². The monoisotopic (exact) mass is 401 g/mol. The van der Waals surface area contributed by atoms with Gasteiger partial charge in [-0.3, -0.25) is 4.90 Å². The van der Waals surface area contributed by atoms with Crippen LogP contribution in [-0.2, 0) is 11.2 Å². The number of carbonyl (C=O) groups is 1. The average Bonchev–Trinajstić information content (AvgIpc) is 2.51. The van der Waals surface area contributed by atoms with Crippen LogP contribution in [0.5, 0.6) is 5.75 Å². The summed E-state index contributed by atoms with van der Waals surface area (Å²) in [4.78, 5) is 12.6. The highest BCUT2D eigenvalue weighted by Crippen LogP contribution is 2.34. The summed E-state index contributed by atoms with van der Waals surface area (Å²) in [6.45, 7) is 3.67. The third-order valence-electron chi connectivity index (χ3n) is 5.21. The molecule has 0 amide bonds. The van der Waals surface area contributed by atoms with E-state index in [0.717, 1.165) is 16.7 Å². The molecule has 1 aromatic carbocycles. The number of carboxylic acids is 1. The molecule has 1 aliphatic carbocycles. The zero-order valence-corrected chi connectivity index (χ0v) is 15.7. The van der Waals surface area contributed by atoms with Gasteiger partial charge in [0, 0.05) is 19.6 Å². The van der Waals surface area contributed by atoms with E-state index < -0.39 is 30.3 Å². The van der Waals surface area contributed by atoms with E-state index in [1.54, 1.807) is 17.0 Å². The van der Waals surface area contributed by atoms with Gasteiger partial charge in [0.15, 0.2) is 0 Å². The normalized spacial score (nSPS) is 22.6. The molecule has 1 N–H and O–H groups in total. The molecule has 8 heteroatoms. The van der Waals surface area contributed by atoms with Crippen molar-refractivity contribution in [2.75, 3.05) is 19.6 Å². The van der Waals surface area contributed by atoms with Crippen LogP contribution >= 0.6 is 0 Å². The van der Waals surface area contributed by atoms with E-state index in [4.69, 9.17) is 9.84 Å². The first-order chi connectivity index (χ1) is 12.9. The number of hydrogen-bond acceptors (Lipinski definition) is 3. The summed E-state index contributed by atoms with van der Waals surface area (Å²) in [5, 5.41) is 8.86. The van der Waals surface area contributed by atoms with Crippen LogP contribution in [0.25, 0.3) is 6.08 Å². The van der Waals surface area contributed by atoms with Crippen LogP contribution in [0.3, 0.4) is 0 Å². The molecule has 0 aromatic heterocycles. The molecule has 28 heavy (non-hydrogen) atoms. The Balaban J connectivity index is 1.65. The van der Waals surface area contributed by atoms with Crippen molar-refractivity contribution in [2.45, 2.75) is 44.6 Å². The average molecular weight is 401 g/mol. The molecule has 0 spiro atoms. The molecule has 2 atom stereocenters. The molecule has 154 valence electrons. The molecule has 1 fully saturated rings. The number of hydrogen-bond donors (Lipinski definition) is 1. The lowest BCUT2D eigenvalue weighted by molar-refractivity contribution is -0.163. The SMILES string of the molecule is CC(CC(F)(F)F)Oc1ccc2c(c1)C[C@H](C)C(CN1CC(F)(C(=O)O)C1)=C2. The van der Waals surface area contributed by atoms with Crippen LogP contribution < -0.4 is 4.74 Å². The van der Waals surface area contributed by atoms with Crippen molar-refractivity contribution in [3.63, 3.8) is 0 Å². The van der Waals surface area contributed by atoms with Gasteiger partial charge in [0.05, 0.1) is 6.42 Å². The second kappa shape index (κ2) is 7.39. The number of halogens is 4. The summed E-state index contributed by atoms with van der Waals surface area (Å²) in [5.74, 6) is -0.854. The third kappa shape index (κ3) is 4.66. The topological polar surface area (TPSA) is 49.8 Å². The van der Waals surface area contributed by atoms with Gasteiger partial charge in [0.25, 0.3) is 0 Å². The van der Waals surface area contributed by atoms with Gasteiger partial charge >= 0.3 is 12.1 Å². The molecule has 1 unspecified atom stereocenters. The summed E-state index contributed by atoms with van der Waals surface area (Å²) >= 11 is 0. The molecule has 1 aromatic rings. The number of likely N-dealkylation sites (tertiary alicyclic amines) is 1. The smallest absolute Gasteiger partial charge is 0.392 e. The zero-order chi connectivity index (χ0) is 20.7. The van der Waals surface area contributed by atoms with E-state index in [0.29, 0.717) is 18.7 Å². The number of ether oxygens (including phenoxy) is 1. The highest BCUT2D eigenvalue weighted by Gasteiger charge is 2.50. The Kier molecular flexibility index (Phi) is 5.44. The van der Waals surface area contributed by atoms with Crippen LogP contribution in [0, 0.1) is 5.92 Å². The number of rotatable bonds is 6. The van der Waals surface area contributed by atoms with Crippen molar-refractivity contribution in [1.29, 1.82) is 0 Å². The lowest BCUT2D eigenvalue weighted by atomic mass is 9.83. The van der Waals surface area contributed by atoms with Crippen molar-refractivity contribution in [3.8, 4) is 5.75 Å². The Morgan fingerprint density at radius 1 is 1.39 bits per heavy atom. The van der Waals surface area contributed by atoms with Gasteiger partial charge in [0.1, 0.15) is 11.9 Å². The quantitative estimate of drug-likeness (QED) is 0.730. The van der Waals surface area contributed by atoms with Gasteiger partial charge in [-0.25, -0.2) is 9.18 Å². The first-order valence-electron chi connectivity index (χ1n) is 9.17. The van der Waals surface area contributed by atoms with E-state index in [1.165, 1.54) is 6.92 Å². The Bertz CT molecular complexity index is 784. The maximum Gasteiger partial charge on any atom is 0.392 e. The number of nitrogens with zero attached hydrogens (tertiary/aromatic N) is 1. The highest BCUT2D eigenvalue weighted by atomic mass is 19.4. The molecule has 1 aliphatic heterocycles. The minimum absolute atomic E-state index is 0.122. The molecule has 0 radical (unpaired) electrons. The largest absolute Gasteiger partial charge is 0.490 e. The fourth-order valence-electron chi connectivity index (χ4n) is 3.75. The summed E-state index contributed by atoms with van der Waals surface area (Å²) in [6, 6.07) is 5.23. The minimum Gasteiger partial charge on any atom is -0.490 e. The second-order valence-electron chi connectivity index (χ2n) is 7.85. The summed E-state index contributed by atoms with van der Waals surface area (Å²) < 4.78 is 56.7. The molecule has 3 rings (SSSR count). The van der Waals surface area contributed by atoms with Crippen molar-refractivity contribution in [3.05, 3.63) is 34.9 Å². The van der Waals surface area contributed by atoms with E-state index in [9.17, 15) is 22.4 Å². The molecule has 4 nitrogen and oxygen atoms in total. The van der Waals surface area contributed by atoms with E-state index in [1.807, 2.05) is 19.1 Å². The molecule has 0 bridgehead atoms. The van der Waals surface area contributed by atoms with E-state index in [-0.39, 0.29) is 19.0 Å². The molecular formula is C20H23F4NO3. The van der Waals surface area contributed by atoms with Gasteiger partial charge in [-0.1, -0.05) is 24.6 Å². The number of aliphatic carboxylic acids is 1. The molecule has 1 heterocycles. The first kappa shape index (κ1) is 20.6. The first-order valence-corrected chi connectivity index (χ1v) is 9.17. The fourth-order valence-corrected chi connectivity index (χ4v) is 3.75. The van der Waals surface area contributed by atoms with Gasteiger partial charge in [-0.05, 0) is 42.5 Å². The standard InChI is InChI=1S/C20H23F4NO3/c1-12-5-15-7-17(28-13(2)8-20(22,23)24)4-3-14(15)6-16(12)9-25-10-19(21,11-25)18(26)27/h3-4,6-7,12-13H,5,8-11H2,1-2H3,(H,26,27)/t12-,13?/m0/s1. The third-order valence-corrected chi connectivity index (χ3v) is 5.21. The second-order valence-corrected chi connectivity index (χ2v) is 7.85. The van der Waals surface area contributed by atoms with Crippen LogP contribution in [-0.4, -0.2) is 53.6 Å². The molecular weight excluding hydrogens is 378 g/mol. The Hall–Kier alpha value is -2.09. The highest BCUT2D eigenvalue weighted by molar-refractivity contribution is 5.79. The predicted octanol–water partition coefficient (Wildman–Crippen LogP) is 4.09. The van der Waals surface area contributed by atoms with Crippen LogP contribution in [0.2, 0.25) is 0 Å². The summed E-state index contributed by atoms with van der Waals surface area (Å²) in [6.07, 6.45) is -3.56. The molecule has 2 aliphatic rings. The number of fused-ring (bicyclic) bond motifs is 1. The maximum absolute atomic E-state index is 13.9. The van der Waals surface area contributed by atoms with Crippen LogP contribution in [0.1, 0.15) is 31.4 Å². The van der Waals surface area contributed by atoms with E-state index >= 15 is 0 Å². The van der Waals surface area contributed by atoms with Gasteiger partial charge in [0.2, 0.25) is 5.67 Å². The Labute approximate surface area is 160 Å². The maximum atomic E-state index is 13.9. The molecule has 0 saturated carbocycles. The van der Waals surface area contributed by atoms with Crippen molar-refractivity contribution < 1.29 is 32.2 Å². The van der Waals surface area contributed by atoms with Gasteiger partial charge in [-0.15, -0.1) is 0 Å². The lowest BCUT2D eigenvalue weighted by Gasteiger charge is -2.42. The van der Waals surface area contributed by atoms with Crippen LogP contribution in [0.4, 0.5) is 17.6 Å². The van der Waals surface area contributed by atoms with Crippen molar-refractivity contribution in [2.24, 2.45) is 5.92 Å². The van der Waals surface area contributed by atoms with Gasteiger partial charge < -0.3 is 9.84 Å². The fraction of sp³-hybridized carbons (Fsp3) is 0.550. The van der Waals surface area contributed by atoms with E-state index in [2.05, 4.69) is 0 Å². The predicted molar refractivity (Wildman–Crippen MR) is 96.0 cm³/mol. The summed E-state index contributed by atoms with van der Waals surface area (Å²) in [5.41, 5.74) is 0.866. The zero-order valence-electron chi connectivity index (χ0n) is 15.7. The van der Waals surface area contributed by atoms with Crippen LogP contribution in [0.15, 0.2) is 23.8 Å². The Morgan fingerprint density at radius 2 is 2.07 bits per heavy atom. The van der Waals surface area contributed by atoms with Crippen molar-refractivity contribution in [1.82, 2.24) is 4.90 Å². The summed E-state index contributed by atoms with van der Waals surface area (Å²) in [7, 11) is 0. The lowest BCUT2D eigenvalue weighted by Crippen LogP contribution is -2.63. The Morgan fingerprint density at radius 3 is 2.68 bits per heavy atom. The number of benzene rings is 1. The number of alkyl halides is 4. The number of carboxylic acid groups (broad SMARTS) is 1. The van der Waals surface area contributed by atoms with Gasteiger partial charge in [-0.2, -0.15) is 13.2 Å². The molecule has 1 saturated heterocycles. The minimum atomic E-state index is -4.27.